The van der Waals surface area contributed by atoms with Gasteiger partial charge >= 0.3 is 0 Å². The zero-order valence-corrected chi connectivity index (χ0v) is 15.0. The highest BCUT2D eigenvalue weighted by Crippen LogP contribution is 2.38. The summed E-state index contributed by atoms with van der Waals surface area (Å²) in [5.74, 6) is 0.917. The summed E-state index contributed by atoms with van der Waals surface area (Å²) >= 11 is 0. The highest BCUT2D eigenvalue weighted by Gasteiger charge is 2.36. The van der Waals surface area contributed by atoms with Gasteiger partial charge in [-0.3, -0.25) is 4.79 Å². The van der Waals surface area contributed by atoms with Crippen LogP contribution in [0.1, 0.15) is 23.7 Å². The standard InChI is InChI=1S/C21H17FN4O2/c22-16-6-4-14(5-7-16)20-24-17(9-23)21(28-20)25-10-13-8-15(12-25)18-2-1-3-19(27)26(18)11-13/h1-7,13,15H,8,10-12H2. The Bertz CT molecular complexity index is 1140. The van der Waals surface area contributed by atoms with Crippen LogP contribution in [-0.4, -0.2) is 22.6 Å². The van der Waals surface area contributed by atoms with Gasteiger partial charge < -0.3 is 13.9 Å². The summed E-state index contributed by atoms with van der Waals surface area (Å²) in [6.07, 6.45) is 1.01. The van der Waals surface area contributed by atoms with Gasteiger partial charge in [-0.05, 0) is 42.7 Å². The lowest BCUT2D eigenvalue weighted by Crippen LogP contribution is -2.47. The van der Waals surface area contributed by atoms with Crippen LogP contribution in [-0.2, 0) is 6.54 Å². The maximum Gasteiger partial charge on any atom is 0.250 e. The SMILES string of the molecule is N#Cc1nc(-c2ccc(F)cc2)oc1N1CC2CC(C1)c1cccc(=O)n1C2. The lowest BCUT2D eigenvalue weighted by Gasteiger charge is -2.42. The van der Waals surface area contributed by atoms with E-state index in [4.69, 9.17) is 4.42 Å². The predicted molar refractivity (Wildman–Crippen MR) is 100 cm³/mol. The molecule has 4 heterocycles. The molecule has 140 valence electrons. The van der Waals surface area contributed by atoms with Crippen LogP contribution in [0.4, 0.5) is 10.3 Å². The number of benzene rings is 1. The van der Waals surface area contributed by atoms with Crippen molar-refractivity contribution in [2.24, 2.45) is 5.92 Å². The summed E-state index contributed by atoms with van der Waals surface area (Å²) in [5.41, 5.74) is 1.92. The second-order valence-corrected chi connectivity index (χ2v) is 7.39. The Morgan fingerprint density at radius 2 is 1.96 bits per heavy atom. The van der Waals surface area contributed by atoms with Gasteiger partial charge in [0.1, 0.15) is 11.9 Å². The van der Waals surface area contributed by atoms with E-state index in [2.05, 4.69) is 16.0 Å². The molecule has 0 saturated carbocycles. The lowest BCUT2D eigenvalue weighted by atomic mass is 9.83. The fraction of sp³-hybridized carbons (Fsp3) is 0.286. The second kappa shape index (κ2) is 6.34. The van der Waals surface area contributed by atoms with E-state index in [1.807, 2.05) is 10.6 Å². The Labute approximate surface area is 160 Å². The third-order valence-corrected chi connectivity index (χ3v) is 5.57. The van der Waals surface area contributed by atoms with Crippen LogP contribution >= 0.6 is 0 Å². The molecule has 5 rings (SSSR count). The van der Waals surface area contributed by atoms with Crippen molar-refractivity contribution < 1.29 is 8.81 Å². The Hall–Kier alpha value is -3.40. The summed E-state index contributed by atoms with van der Waals surface area (Å²) in [6, 6.07) is 13.4. The average Bonchev–Trinajstić information content (AvgIpc) is 3.14. The summed E-state index contributed by atoms with van der Waals surface area (Å²) in [5, 5.41) is 9.55. The maximum atomic E-state index is 13.2. The Morgan fingerprint density at radius 3 is 2.75 bits per heavy atom. The van der Waals surface area contributed by atoms with Gasteiger partial charge in [-0.1, -0.05) is 6.07 Å². The van der Waals surface area contributed by atoms with Gasteiger partial charge in [-0.15, -0.1) is 0 Å². The summed E-state index contributed by atoms with van der Waals surface area (Å²) in [7, 11) is 0. The molecule has 2 aromatic heterocycles. The molecule has 2 aliphatic rings. The minimum atomic E-state index is -0.339. The van der Waals surface area contributed by atoms with E-state index in [1.165, 1.54) is 12.1 Å². The third-order valence-electron chi connectivity index (χ3n) is 5.57. The molecule has 2 aliphatic heterocycles. The van der Waals surface area contributed by atoms with Crippen LogP contribution < -0.4 is 10.5 Å². The highest BCUT2D eigenvalue weighted by atomic mass is 19.1. The summed E-state index contributed by atoms with van der Waals surface area (Å²) in [4.78, 5) is 18.5. The van der Waals surface area contributed by atoms with Crippen LogP contribution in [0.2, 0.25) is 0 Å². The van der Waals surface area contributed by atoms with Gasteiger partial charge in [0, 0.05) is 42.9 Å². The highest BCUT2D eigenvalue weighted by molar-refractivity contribution is 5.59. The minimum absolute atomic E-state index is 0.0385. The zero-order chi connectivity index (χ0) is 19.3. The van der Waals surface area contributed by atoms with Crippen molar-refractivity contribution in [1.29, 1.82) is 5.26 Å². The van der Waals surface area contributed by atoms with Crippen molar-refractivity contribution in [3.8, 4) is 17.5 Å². The topological polar surface area (TPSA) is 75.1 Å². The average molecular weight is 376 g/mol. The molecule has 2 unspecified atom stereocenters. The number of rotatable bonds is 2. The first-order chi connectivity index (χ1) is 13.6. The third kappa shape index (κ3) is 2.69. The molecule has 3 aromatic rings. The lowest BCUT2D eigenvalue weighted by molar-refractivity contribution is 0.275. The number of oxazole rings is 1. The second-order valence-electron chi connectivity index (χ2n) is 7.39. The number of hydrogen-bond acceptors (Lipinski definition) is 5. The molecule has 0 N–H and O–H groups in total. The van der Waals surface area contributed by atoms with Gasteiger partial charge in [0.15, 0.2) is 0 Å². The molecule has 6 nitrogen and oxygen atoms in total. The van der Waals surface area contributed by atoms with Crippen molar-refractivity contribution in [3.05, 3.63) is 70.0 Å². The van der Waals surface area contributed by atoms with E-state index >= 15 is 0 Å². The van der Waals surface area contributed by atoms with Gasteiger partial charge in [-0.2, -0.15) is 10.2 Å². The normalized spacial score (nSPS) is 20.5. The molecule has 0 spiro atoms. The van der Waals surface area contributed by atoms with Crippen molar-refractivity contribution in [1.82, 2.24) is 9.55 Å². The number of anilines is 1. The molecule has 1 fully saturated rings. The first kappa shape index (κ1) is 16.8. The first-order valence-corrected chi connectivity index (χ1v) is 9.24. The number of aromatic nitrogens is 2. The van der Waals surface area contributed by atoms with Gasteiger partial charge in [0.2, 0.25) is 17.5 Å². The van der Waals surface area contributed by atoms with Gasteiger partial charge in [0.05, 0.1) is 0 Å². The van der Waals surface area contributed by atoms with Gasteiger partial charge in [-0.25, -0.2) is 4.39 Å². The predicted octanol–water partition coefficient (Wildman–Crippen LogP) is 3.14. The number of halogens is 1. The number of pyridine rings is 1. The molecule has 7 heteroatoms. The Kier molecular flexibility index (Phi) is 3.79. The smallest absolute Gasteiger partial charge is 0.250 e. The van der Waals surface area contributed by atoms with Crippen LogP contribution in [0.5, 0.6) is 0 Å². The molecule has 28 heavy (non-hydrogen) atoms. The van der Waals surface area contributed by atoms with E-state index in [0.717, 1.165) is 12.1 Å². The van der Waals surface area contributed by atoms with E-state index in [1.54, 1.807) is 24.3 Å². The number of hydrogen-bond donors (Lipinski definition) is 0. The van der Waals surface area contributed by atoms with E-state index in [0.29, 0.717) is 42.9 Å². The van der Waals surface area contributed by atoms with E-state index < -0.39 is 0 Å². The maximum absolute atomic E-state index is 13.2. The van der Waals surface area contributed by atoms with Crippen LogP contribution in [0, 0.1) is 23.1 Å². The Morgan fingerprint density at radius 1 is 1.14 bits per heavy atom. The molecular weight excluding hydrogens is 359 g/mol. The summed E-state index contributed by atoms with van der Waals surface area (Å²) in [6.45, 7) is 2.03. The first-order valence-electron chi connectivity index (χ1n) is 9.24. The fourth-order valence-corrected chi connectivity index (χ4v) is 4.38. The number of nitriles is 1. The molecule has 0 amide bonds. The van der Waals surface area contributed by atoms with Crippen LogP contribution in [0.25, 0.3) is 11.5 Å². The summed E-state index contributed by atoms with van der Waals surface area (Å²) < 4.78 is 21.0. The fourth-order valence-electron chi connectivity index (χ4n) is 4.38. The zero-order valence-electron chi connectivity index (χ0n) is 15.0. The minimum Gasteiger partial charge on any atom is -0.419 e. The van der Waals surface area contributed by atoms with Crippen LogP contribution in [0.15, 0.2) is 51.7 Å². The molecule has 2 bridgehead atoms. The van der Waals surface area contributed by atoms with Crippen LogP contribution in [0.3, 0.4) is 0 Å². The largest absolute Gasteiger partial charge is 0.419 e. The number of fused-ring (bicyclic) bond motifs is 4. The quantitative estimate of drug-likeness (QED) is 0.687. The Balaban J connectivity index is 1.50. The van der Waals surface area contributed by atoms with E-state index in [9.17, 15) is 14.4 Å². The molecular formula is C21H17FN4O2. The van der Waals surface area contributed by atoms with Crippen molar-refractivity contribution in [2.75, 3.05) is 18.0 Å². The molecule has 1 saturated heterocycles. The van der Waals surface area contributed by atoms with E-state index in [-0.39, 0.29) is 23.0 Å². The number of nitrogens with zero attached hydrogens (tertiary/aromatic N) is 4. The van der Waals surface area contributed by atoms with Crippen molar-refractivity contribution in [3.63, 3.8) is 0 Å². The number of piperidine rings is 1. The van der Waals surface area contributed by atoms with Gasteiger partial charge in [0.25, 0.3) is 5.56 Å². The molecule has 2 atom stereocenters. The molecule has 1 aromatic carbocycles. The van der Waals surface area contributed by atoms with Crippen molar-refractivity contribution >= 4 is 5.88 Å². The molecule has 0 radical (unpaired) electrons. The van der Waals surface area contributed by atoms with Crippen molar-refractivity contribution in [2.45, 2.75) is 18.9 Å². The molecule has 0 aliphatic carbocycles. The monoisotopic (exact) mass is 376 g/mol.